The number of rotatable bonds is 4. The van der Waals surface area contributed by atoms with Crippen LogP contribution >= 0.6 is 23.2 Å². The molecule has 0 aliphatic rings. The van der Waals surface area contributed by atoms with E-state index in [1.165, 1.54) is 4.90 Å². The van der Waals surface area contributed by atoms with Crippen molar-refractivity contribution in [1.82, 2.24) is 4.90 Å². The van der Waals surface area contributed by atoms with Gasteiger partial charge in [-0.1, -0.05) is 35.3 Å². The standard InChI is InChI=1S/C12H16Cl2N4O2/c1-7(11(15)17-20)6-18(2)12(19)16-10-5-8(13)3-4-9(10)14/h3-5,7,20H,6H2,1-2H3,(H2,15,17)(H,16,19). The van der Waals surface area contributed by atoms with Gasteiger partial charge in [-0.15, -0.1) is 0 Å². The predicted molar refractivity (Wildman–Crippen MR) is 80.7 cm³/mol. The Labute approximate surface area is 127 Å². The molecule has 0 spiro atoms. The molecule has 0 bridgehead atoms. The summed E-state index contributed by atoms with van der Waals surface area (Å²) in [4.78, 5) is 13.4. The number of carbonyl (C=O) groups excluding carboxylic acids is 1. The summed E-state index contributed by atoms with van der Waals surface area (Å²) in [6.07, 6.45) is 0. The molecular weight excluding hydrogens is 303 g/mol. The van der Waals surface area contributed by atoms with E-state index in [9.17, 15) is 4.79 Å². The van der Waals surface area contributed by atoms with Crippen LogP contribution < -0.4 is 11.1 Å². The summed E-state index contributed by atoms with van der Waals surface area (Å²) in [6.45, 7) is 2.03. The maximum atomic E-state index is 12.0. The first-order valence-electron chi connectivity index (χ1n) is 5.79. The number of hydrogen-bond donors (Lipinski definition) is 3. The van der Waals surface area contributed by atoms with Gasteiger partial charge in [0.2, 0.25) is 0 Å². The van der Waals surface area contributed by atoms with E-state index < -0.39 is 0 Å². The number of urea groups is 1. The first-order chi connectivity index (χ1) is 9.35. The zero-order valence-electron chi connectivity index (χ0n) is 11.1. The fraction of sp³-hybridized carbons (Fsp3) is 0.333. The number of nitrogens with one attached hydrogen (secondary N) is 1. The minimum absolute atomic E-state index is 0.0606. The maximum Gasteiger partial charge on any atom is 0.321 e. The molecule has 1 aromatic rings. The fourth-order valence-electron chi connectivity index (χ4n) is 1.49. The van der Waals surface area contributed by atoms with Gasteiger partial charge in [0.15, 0.2) is 0 Å². The molecule has 20 heavy (non-hydrogen) atoms. The van der Waals surface area contributed by atoms with E-state index >= 15 is 0 Å². The van der Waals surface area contributed by atoms with Gasteiger partial charge < -0.3 is 21.2 Å². The Balaban J connectivity index is 2.69. The van der Waals surface area contributed by atoms with E-state index in [0.29, 0.717) is 22.3 Å². The lowest BCUT2D eigenvalue weighted by Crippen LogP contribution is -2.38. The summed E-state index contributed by atoms with van der Waals surface area (Å²) in [5.74, 6) is -0.212. The van der Waals surface area contributed by atoms with Gasteiger partial charge in [-0.05, 0) is 18.2 Å². The number of benzene rings is 1. The average Bonchev–Trinajstić information content (AvgIpc) is 2.41. The molecule has 0 aliphatic heterocycles. The van der Waals surface area contributed by atoms with Gasteiger partial charge in [0.25, 0.3) is 0 Å². The monoisotopic (exact) mass is 318 g/mol. The Morgan fingerprint density at radius 1 is 1.55 bits per heavy atom. The van der Waals surface area contributed by atoms with E-state index in [1.54, 1.807) is 32.2 Å². The molecule has 0 heterocycles. The van der Waals surface area contributed by atoms with Crippen LogP contribution in [0.2, 0.25) is 10.0 Å². The van der Waals surface area contributed by atoms with Gasteiger partial charge in [-0.3, -0.25) is 0 Å². The number of carbonyl (C=O) groups is 1. The molecule has 110 valence electrons. The highest BCUT2D eigenvalue weighted by molar-refractivity contribution is 6.35. The number of amides is 2. The number of oxime groups is 1. The largest absolute Gasteiger partial charge is 0.409 e. The molecule has 6 nitrogen and oxygen atoms in total. The van der Waals surface area contributed by atoms with E-state index in [4.69, 9.17) is 34.1 Å². The van der Waals surface area contributed by atoms with Gasteiger partial charge in [0, 0.05) is 24.5 Å². The van der Waals surface area contributed by atoms with Gasteiger partial charge >= 0.3 is 6.03 Å². The first-order valence-corrected chi connectivity index (χ1v) is 6.55. The summed E-state index contributed by atoms with van der Waals surface area (Å²) >= 11 is 11.8. The third-order valence-electron chi connectivity index (χ3n) is 2.68. The fourth-order valence-corrected chi connectivity index (χ4v) is 1.83. The van der Waals surface area contributed by atoms with Crippen LogP contribution in [-0.2, 0) is 0 Å². The maximum absolute atomic E-state index is 12.0. The Hall–Kier alpha value is -1.66. The number of nitrogens with two attached hydrogens (primary N) is 1. The Morgan fingerprint density at radius 3 is 2.80 bits per heavy atom. The summed E-state index contributed by atoms with van der Waals surface area (Å²) in [5, 5.41) is 15.0. The summed E-state index contributed by atoms with van der Waals surface area (Å²) < 4.78 is 0. The van der Waals surface area contributed by atoms with Crippen molar-refractivity contribution in [3.05, 3.63) is 28.2 Å². The van der Waals surface area contributed by atoms with Crippen LogP contribution in [0.3, 0.4) is 0 Å². The van der Waals surface area contributed by atoms with Gasteiger partial charge in [-0.2, -0.15) is 0 Å². The third-order valence-corrected chi connectivity index (χ3v) is 3.25. The molecule has 0 radical (unpaired) electrons. The first kappa shape index (κ1) is 16.4. The molecule has 1 unspecified atom stereocenters. The smallest absolute Gasteiger partial charge is 0.321 e. The van der Waals surface area contributed by atoms with Crippen molar-refractivity contribution in [3.8, 4) is 0 Å². The van der Waals surface area contributed by atoms with Crippen molar-refractivity contribution in [2.45, 2.75) is 6.92 Å². The molecule has 4 N–H and O–H groups in total. The topological polar surface area (TPSA) is 91.0 Å². The van der Waals surface area contributed by atoms with Crippen molar-refractivity contribution >= 4 is 40.8 Å². The van der Waals surface area contributed by atoms with Crippen molar-refractivity contribution in [3.63, 3.8) is 0 Å². The molecule has 1 aromatic carbocycles. The highest BCUT2D eigenvalue weighted by Gasteiger charge is 2.16. The van der Waals surface area contributed by atoms with E-state index in [1.807, 2.05) is 0 Å². The second-order valence-corrected chi connectivity index (χ2v) is 5.20. The number of halogens is 2. The van der Waals surface area contributed by atoms with Gasteiger partial charge in [0.05, 0.1) is 10.7 Å². The number of amidine groups is 1. The van der Waals surface area contributed by atoms with Crippen molar-refractivity contribution in [2.75, 3.05) is 18.9 Å². The molecule has 1 rings (SSSR count). The van der Waals surface area contributed by atoms with Crippen LogP contribution in [0.25, 0.3) is 0 Å². The normalized spacial score (nSPS) is 12.9. The third kappa shape index (κ3) is 4.47. The molecule has 8 heteroatoms. The molecule has 1 atom stereocenters. The molecule has 0 saturated carbocycles. The zero-order valence-corrected chi connectivity index (χ0v) is 12.6. The number of anilines is 1. The second kappa shape index (κ2) is 7.21. The lowest BCUT2D eigenvalue weighted by atomic mass is 10.1. The minimum Gasteiger partial charge on any atom is -0.409 e. The highest BCUT2D eigenvalue weighted by atomic mass is 35.5. The van der Waals surface area contributed by atoms with Crippen LogP contribution in [0.4, 0.5) is 10.5 Å². The van der Waals surface area contributed by atoms with Gasteiger partial charge in [0.1, 0.15) is 5.84 Å². The van der Waals surface area contributed by atoms with Crippen LogP contribution in [0, 0.1) is 5.92 Å². The molecule has 0 saturated heterocycles. The predicted octanol–water partition coefficient (Wildman–Crippen LogP) is 2.84. The number of hydrogen-bond acceptors (Lipinski definition) is 3. The minimum atomic E-state index is -0.369. The Kier molecular flexibility index (Phi) is 5.91. The van der Waals surface area contributed by atoms with Crippen LogP contribution in [0.5, 0.6) is 0 Å². The Morgan fingerprint density at radius 2 is 2.20 bits per heavy atom. The van der Waals surface area contributed by atoms with Crippen molar-refractivity contribution < 1.29 is 10.0 Å². The SMILES string of the molecule is CC(CN(C)C(=O)Nc1cc(Cl)ccc1Cl)C(N)=NO. The highest BCUT2D eigenvalue weighted by Crippen LogP contribution is 2.25. The van der Waals surface area contributed by atoms with Crippen molar-refractivity contribution in [1.29, 1.82) is 0 Å². The average molecular weight is 319 g/mol. The quantitative estimate of drug-likeness (QED) is 0.345. The lowest BCUT2D eigenvalue weighted by Gasteiger charge is -2.21. The van der Waals surface area contributed by atoms with Crippen LogP contribution in [-0.4, -0.2) is 35.6 Å². The van der Waals surface area contributed by atoms with Crippen LogP contribution in [0.15, 0.2) is 23.4 Å². The lowest BCUT2D eigenvalue weighted by molar-refractivity contribution is 0.219. The Bertz CT molecular complexity index is 522. The molecule has 0 aliphatic carbocycles. The molecule has 0 fully saturated rings. The summed E-state index contributed by atoms with van der Waals surface area (Å²) in [5.41, 5.74) is 5.89. The van der Waals surface area contributed by atoms with E-state index in [2.05, 4.69) is 10.5 Å². The van der Waals surface area contributed by atoms with Crippen LogP contribution in [0.1, 0.15) is 6.92 Å². The van der Waals surface area contributed by atoms with E-state index in [-0.39, 0.29) is 17.8 Å². The van der Waals surface area contributed by atoms with E-state index in [0.717, 1.165) is 0 Å². The van der Waals surface area contributed by atoms with Crippen molar-refractivity contribution in [2.24, 2.45) is 16.8 Å². The molecule has 2 amide bonds. The summed E-state index contributed by atoms with van der Waals surface area (Å²) in [6, 6.07) is 4.41. The number of nitrogens with zero attached hydrogens (tertiary/aromatic N) is 2. The van der Waals surface area contributed by atoms with Gasteiger partial charge in [-0.25, -0.2) is 4.79 Å². The second-order valence-electron chi connectivity index (χ2n) is 4.36. The molecule has 0 aromatic heterocycles. The summed E-state index contributed by atoms with van der Waals surface area (Å²) in [7, 11) is 1.59. The molecular formula is C12H16Cl2N4O2. The zero-order chi connectivity index (χ0) is 15.3.